The van der Waals surface area contributed by atoms with Crippen molar-refractivity contribution in [1.29, 1.82) is 0 Å². The summed E-state index contributed by atoms with van der Waals surface area (Å²) in [6, 6.07) is 0. The average molecular weight is 119 g/mol. The molecule has 5 N–H and O–H groups in total. The van der Waals surface area contributed by atoms with Crippen molar-refractivity contribution in [3.8, 4) is 0 Å². The molecule has 0 rings (SSSR count). The second-order valence-electron chi connectivity index (χ2n) is 1.15. The molecular formula is C3H9N3O2. The number of hydrazine groups is 1. The van der Waals surface area contributed by atoms with Gasteiger partial charge in [0.25, 0.3) is 0 Å². The monoisotopic (exact) mass is 119 g/mol. The number of nitrogens with two attached hydrogens (primary N) is 1. The largest absolute Gasteiger partial charge is 0.464 e. The van der Waals surface area contributed by atoms with E-state index in [2.05, 4.69) is 5.43 Å². The molecule has 0 aliphatic carbocycles. The number of carboxylic acid groups (broad SMARTS) is 1. The lowest BCUT2D eigenvalue weighted by Gasteiger charge is -1.98. The zero-order chi connectivity index (χ0) is 6.41. The summed E-state index contributed by atoms with van der Waals surface area (Å²) >= 11 is 0. The minimum Gasteiger partial charge on any atom is -0.464 e. The highest BCUT2D eigenvalue weighted by atomic mass is 16.4. The molecule has 0 unspecified atom stereocenters. The van der Waals surface area contributed by atoms with Crippen LogP contribution in [0.15, 0.2) is 0 Å². The molecule has 0 saturated heterocycles. The van der Waals surface area contributed by atoms with Gasteiger partial charge in [0.2, 0.25) is 0 Å². The van der Waals surface area contributed by atoms with Gasteiger partial charge in [-0.2, -0.15) is 0 Å². The van der Waals surface area contributed by atoms with E-state index in [-0.39, 0.29) is 0 Å². The Morgan fingerprint density at radius 3 is 2.75 bits per heavy atom. The van der Waals surface area contributed by atoms with Gasteiger partial charge in [-0.1, -0.05) is 0 Å². The molecule has 0 aromatic carbocycles. The summed E-state index contributed by atoms with van der Waals surface area (Å²) in [7, 11) is 0. The van der Waals surface area contributed by atoms with Crippen LogP contribution in [-0.4, -0.2) is 24.3 Å². The molecule has 0 aromatic rings. The van der Waals surface area contributed by atoms with Gasteiger partial charge in [0.15, 0.2) is 0 Å². The minimum absolute atomic E-state index is 0.417. The summed E-state index contributed by atoms with van der Waals surface area (Å²) in [5.74, 6) is 0. The highest BCUT2D eigenvalue weighted by Crippen LogP contribution is 1.51. The molecule has 0 aliphatic rings. The third kappa shape index (κ3) is 5.19. The Kier molecular flexibility index (Phi) is 3.91. The molecule has 5 nitrogen and oxygen atoms in total. The van der Waals surface area contributed by atoms with Gasteiger partial charge in [-0.25, -0.2) is 10.2 Å². The lowest BCUT2D eigenvalue weighted by molar-refractivity contribution is 0.189. The van der Waals surface area contributed by atoms with E-state index in [1.165, 1.54) is 0 Å². The summed E-state index contributed by atoms with van der Waals surface area (Å²) in [6.45, 7) is 0.868. The second-order valence-corrected chi connectivity index (χ2v) is 1.15. The van der Waals surface area contributed by atoms with Crippen LogP contribution in [0.3, 0.4) is 0 Å². The van der Waals surface area contributed by atoms with Crippen molar-refractivity contribution >= 4 is 6.09 Å². The lowest BCUT2D eigenvalue weighted by atomic mass is 10.7. The van der Waals surface area contributed by atoms with E-state index in [0.29, 0.717) is 13.1 Å². The van der Waals surface area contributed by atoms with Gasteiger partial charge in [0.1, 0.15) is 0 Å². The molecule has 0 saturated carbocycles. The van der Waals surface area contributed by atoms with E-state index in [1.54, 1.807) is 0 Å². The quantitative estimate of drug-likeness (QED) is 0.275. The molecule has 5 heteroatoms. The van der Waals surface area contributed by atoms with E-state index >= 15 is 0 Å². The Labute approximate surface area is 46.8 Å². The van der Waals surface area contributed by atoms with Gasteiger partial charge in [0, 0.05) is 13.1 Å². The third-order valence-corrected chi connectivity index (χ3v) is 0.465. The fourth-order valence-electron chi connectivity index (χ4n) is 0.210. The van der Waals surface area contributed by atoms with Crippen LogP contribution in [-0.2, 0) is 0 Å². The summed E-state index contributed by atoms with van der Waals surface area (Å²) in [5, 5.41) is 7.93. The average Bonchev–Trinajstić information content (AvgIpc) is 1.66. The predicted octanol–water partition coefficient (Wildman–Crippen LogP) is -1.28. The van der Waals surface area contributed by atoms with E-state index in [9.17, 15) is 4.79 Å². The molecule has 0 bridgehead atoms. The Morgan fingerprint density at radius 1 is 1.75 bits per heavy atom. The zero-order valence-electron chi connectivity index (χ0n) is 4.35. The molecule has 0 radical (unpaired) electrons. The molecule has 0 spiro atoms. The maximum atomic E-state index is 9.66. The van der Waals surface area contributed by atoms with Gasteiger partial charge in [0.05, 0.1) is 0 Å². The molecule has 1 amide bonds. The molecule has 0 aromatic heterocycles. The normalized spacial score (nSPS) is 8.62. The van der Waals surface area contributed by atoms with Crippen molar-refractivity contribution in [2.75, 3.05) is 13.1 Å². The van der Waals surface area contributed by atoms with Crippen molar-refractivity contribution in [3.63, 3.8) is 0 Å². The van der Waals surface area contributed by atoms with Gasteiger partial charge in [-0.05, 0) is 0 Å². The molecule has 0 atom stereocenters. The zero-order valence-corrected chi connectivity index (χ0v) is 4.35. The summed E-state index contributed by atoms with van der Waals surface area (Å²) < 4.78 is 0. The molecular weight excluding hydrogens is 110 g/mol. The van der Waals surface area contributed by atoms with Crippen LogP contribution in [0.1, 0.15) is 0 Å². The number of carbonyl (C=O) groups is 1. The first-order chi connectivity index (χ1) is 3.77. The van der Waals surface area contributed by atoms with Crippen LogP contribution in [0.4, 0.5) is 4.79 Å². The Bertz CT molecular complexity index is 74.9. The molecule has 0 aliphatic heterocycles. The van der Waals surface area contributed by atoms with E-state index in [4.69, 9.17) is 10.8 Å². The van der Waals surface area contributed by atoms with Crippen molar-refractivity contribution in [1.82, 2.24) is 10.9 Å². The van der Waals surface area contributed by atoms with Gasteiger partial charge >= 0.3 is 6.09 Å². The van der Waals surface area contributed by atoms with E-state index in [0.717, 1.165) is 0 Å². The van der Waals surface area contributed by atoms with Gasteiger partial charge < -0.3 is 10.8 Å². The standard InChI is InChI=1S/C3H9N3O2/c4-1-2-5-6-3(7)8/h5-6H,1-2,4H2,(H,7,8). The Balaban J connectivity index is 2.82. The summed E-state index contributed by atoms with van der Waals surface area (Å²) in [5.41, 5.74) is 9.31. The fourth-order valence-corrected chi connectivity index (χ4v) is 0.210. The van der Waals surface area contributed by atoms with Gasteiger partial charge in [-0.15, -0.1) is 0 Å². The van der Waals surface area contributed by atoms with Crippen molar-refractivity contribution in [3.05, 3.63) is 0 Å². The topological polar surface area (TPSA) is 87.4 Å². The molecule has 0 fully saturated rings. The van der Waals surface area contributed by atoms with Crippen molar-refractivity contribution in [2.24, 2.45) is 5.73 Å². The molecule has 0 heterocycles. The van der Waals surface area contributed by atoms with Crippen LogP contribution in [0.25, 0.3) is 0 Å². The van der Waals surface area contributed by atoms with Crippen LogP contribution in [0.5, 0.6) is 0 Å². The van der Waals surface area contributed by atoms with Crippen molar-refractivity contribution < 1.29 is 9.90 Å². The first-order valence-electron chi connectivity index (χ1n) is 2.19. The highest BCUT2D eigenvalue weighted by molar-refractivity contribution is 5.63. The number of hydrogen-bond acceptors (Lipinski definition) is 3. The predicted molar refractivity (Wildman–Crippen MR) is 28.2 cm³/mol. The highest BCUT2D eigenvalue weighted by Gasteiger charge is 1.87. The Hall–Kier alpha value is -0.810. The first kappa shape index (κ1) is 7.19. The Morgan fingerprint density at radius 2 is 2.38 bits per heavy atom. The summed E-state index contributed by atoms with van der Waals surface area (Å²) in [4.78, 5) is 9.66. The smallest absolute Gasteiger partial charge is 0.419 e. The SMILES string of the molecule is NCCNNC(=O)O. The first-order valence-corrected chi connectivity index (χ1v) is 2.19. The second kappa shape index (κ2) is 4.35. The lowest BCUT2D eigenvalue weighted by Crippen LogP contribution is -2.39. The number of amides is 1. The summed E-state index contributed by atoms with van der Waals surface area (Å²) in [6.07, 6.45) is -1.10. The minimum atomic E-state index is -1.10. The van der Waals surface area contributed by atoms with Crippen LogP contribution in [0.2, 0.25) is 0 Å². The van der Waals surface area contributed by atoms with E-state index in [1.807, 2.05) is 5.43 Å². The van der Waals surface area contributed by atoms with Crippen LogP contribution >= 0.6 is 0 Å². The van der Waals surface area contributed by atoms with Gasteiger partial charge in [-0.3, -0.25) is 5.43 Å². The van der Waals surface area contributed by atoms with Crippen LogP contribution in [0, 0.1) is 0 Å². The maximum Gasteiger partial charge on any atom is 0.419 e. The van der Waals surface area contributed by atoms with Crippen LogP contribution < -0.4 is 16.6 Å². The van der Waals surface area contributed by atoms with Crippen molar-refractivity contribution in [2.45, 2.75) is 0 Å². The number of hydrogen-bond donors (Lipinski definition) is 4. The third-order valence-electron chi connectivity index (χ3n) is 0.465. The fraction of sp³-hybridized carbons (Fsp3) is 0.667. The number of nitrogens with one attached hydrogen (secondary N) is 2. The van der Waals surface area contributed by atoms with E-state index < -0.39 is 6.09 Å². The number of rotatable bonds is 3. The molecule has 8 heavy (non-hydrogen) atoms. The molecule has 48 valence electrons. The maximum absolute atomic E-state index is 9.66.